The number of hydrogen-bond acceptors (Lipinski definition) is 4. The zero-order valence-electron chi connectivity index (χ0n) is 13.0. The monoisotopic (exact) mass is 296 g/mol. The first-order chi connectivity index (χ1) is 9.82. The third-order valence-corrected chi connectivity index (χ3v) is 3.95. The van der Waals surface area contributed by atoms with E-state index in [0.717, 1.165) is 11.4 Å². The number of rotatable bonds is 3. The SMILES string of the molecule is Cc1cc(C(=O)N[C@@H]2COC[C@@H](O)[C@H]2O)c(C)n1C(C)C. The highest BCUT2D eigenvalue weighted by Crippen LogP contribution is 2.20. The standard InChI is InChI=1S/C15H24N2O4/c1-8(2)17-9(3)5-11(10(17)4)15(20)16-12-6-21-7-13(18)14(12)19/h5,8,12-14,18-19H,6-7H2,1-4H3,(H,16,20)/t12-,13-,14+/m1/s1. The molecule has 21 heavy (non-hydrogen) atoms. The van der Waals surface area contributed by atoms with Crippen molar-refractivity contribution in [2.45, 2.75) is 52.0 Å². The number of aromatic nitrogens is 1. The molecule has 118 valence electrons. The smallest absolute Gasteiger partial charge is 0.253 e. The highest BCUT2D eigenvalue weighted by atomic mass is 16.5. The first-order valence-electron chi connectivity index (χ1n) is 7.26. The van der Waals surface area contributed by atoms with Gasteiger partial charge in [-0.25, -0.2) is 0 Å². The molecule has 1 amide bonds. The maximum atomic E-state index is 12.4. The summed E-state index contributed by atoms with van der Waals surface area (Å²) >= 11 is 0. The van der Waals surface area contributed by atoms with Crippen molar-refractivity contribution < 1.29 is 19.7 Å². The highest BCUT2D eigenvalue weighted by molar-refractivity contribution is 5.96. The number of aliphatic hydroxyl groups excluding tert-OH is 2. The summed E-state index contributed by atoms with van der Waals surface area (Å²) in [6, 6.07) is 1.53. The lowest BCUT2D eigenvalue weighted by atomic mass is 10.0. The van der Waals surface area contributed by atoms with Gasteiger partial charge in [0.05, 0.1) is 24.8 Å². The van der Waals surface area contributed by atoms with E-state index in [0.29, 0.717) is 5.56 Å². The fraction of sp³-hybridized carbons (Fsp3) is 0.667. The molecule has 1 aromatic heterocycles. The van der Waals surface area contributed by atoms with Gasteiger partial charge in [0.2, 0.25) is 0 Å². The van der Waals surface area contributed by atoms with Crippen LogP contribution in [-0.4, -0.2) is 52.2 Å². The summed E-state index contributed by atoms with van der Waals surface area (Å²) in [6.07, 6.45) is -1.97. The summed E-state index contributed by atoms with van der Waals surface area (Å²) in [5.41, 5.74) is 2.51. The van der Waals surface area contributed by atoms with Gasteiger partial charge in [-0.15, -0.1) is 0 Å². The Morgan fingerprint density at radius 2 is 2.05 bits per heavy atom. The molecule has 1 fully saturated rings. The number of hydrogen-bond donors (Lipinski definition) is 3. The fourth-order valence-electron chi connectivity index (χ4n) is 2.96. The quantitative estimate of drug-likeness (QED) is 0.760. The molecular weight excluding hydrogens is 272 g/mol. The molecule has 1 aromatic rings. The Bertz CT molecular complexity index is 524. The molecule has 0 bridgehead atoms. The van der Waals surface area contributed by atoms with Crippen LogP contribution in [0.15, 0.2) is 6.07 Å². The maximum Gasteiger partial charge on any atom is 0.253 e. The van der Waals surface area contributed by atoms with E-state index in [2.05, 4.69) is 23.7 Å². The van der Waals surface area contributed by atoms with E-state index in [-0.39, 0.29) is 25.2 Å². The second-order valence-electron chi connectivity index (χ2n) is 5.92. The third-order valence-electron chi connectivity index (χ3n) is 3.95. The number of nitrogens with one attached hydrogen (secondary N) is 1. The summed E-state index contributed by atoms with van der Waals surface area (Å²) in [5, 5.41) is 22.2. The molecule has 3 atom stereocenters. The van der Waals surface area contributed by atoms with Crippen molar-refractivity contribution in [2.24, 2.45) is 0 Å². The summed E-state index contributed by atoms with van der Waals surface area (Å²) in [4.78, 5) is 12.4. The van der Waals surface area contributed by atoms with Crippen molar-refractivity contribution in [2.75, 3.05) is 13.2 Å². The summed E-state index contributed by atoms with van der Waals surface area (Å²) in [6.45, 7) is 8.30. The van der Waals surface area contributed by atoms with Crippen LogP contribution in [0.25, 0.3) is 0 Å². The number of aryl methyl sites for hydroxylation is 1. The Morgan fingerprint density at radius 3 is 2.62 bits per heavy atom. The minimum absolute atomic E-state index is 0.0927. The van der Waals surface area contributed by atoms with Crippen LogP contribution in [-0.2, 0) is 4.74 Å². The lowest BCUT2D eigenvalue weighted by Crippen LogP contribution is -2.55. The van der Waals surface area contributed by atoms with Gasteiger partial charge < -0.3 is 24.8 Å². The van der Waals surface area contributed by atoms with E-state index in [9.17, 15) is 15.0 Å². The van der Waals surface area contributed by atoms with Gasteiger partial charge in [-0.3, -0.25) is 4.79 Å². The van der Waals surface area contributed by atoms with Crippen LogP contribution in [0, 0.1) is 13.8 Å². The Morgan fingerprint density at radius 1 is 1.38 bits per heavy atom. The average molecular weight is 296 g/mol. The number of carbonyl (C=O) groups is 1. The van der Waals surface area contributed by atoms with Crippen molar-refractivity contribution >= 4 is 5.91 Å². The van der Waals surface area contributed by atoms with Gasteiger partial charge in [-0.1, -0.05) is 0 Å². The highest BCUT2D eigenvalue weighted by Gasteiger charge is 2.33. The third kappa shape index (κ3) is 3.12. The molecule has 0 spiro atoms. The molecule has 0 aromatic carbocycles. The number of nitrogens with zero attached hydrogens (tertiary/aromatic N) is 1. The predicted octanol–water partition coefficient (Wildman–Crippen LogP) is 0.536. The van der Waals surface area contributed by atoms with Gasteiger partial charge in [0, 0.05) is 17.4 Å². The van der Waals surface area contributed by atoms with E-state index < -0.39 is 18.2 Å². The molecule has 0 radical (unpaired) electrons. The van der Waals surface area contributed by atoms with E-state index in [1.165, 1.54) is 0 Å². The lowest BCUT2D eigenvalue weighted by Gasteiger charge is -2.32. The molecular formula is C15H24N2O4. The van der Waals surface area contributed by atoms with Gasteiger partial charge in [-0.05, 0) is 33.8 Å². The van der Waals surface area contributed by atoms with Gasteiger partial charge in [0.1, 0.15) is 12.2 Å². The molecule has 0 aliphatic carbocycles. The molecule has 3 N–H and O–H groups in total. The second kappa shape index (κ2) is 6.17. The predicted molar refractivity (Wildman–Crippen MR) is 78.4 cm³/mol. The molecule has 0 saturated carbocycles. The largest absolute Gasteiger partial charge is 0.388 e. The topological polar surface area (TPSA) is 83.7 Å². The minimum Gasteiger partial charge on any atom is -0.388 e. The molecule has 6 heteroatoms. The summed E-state index contributed by atoms with van der Waals surface area (Å²) in [5.74, 6) is -0.253. The minimum atomic E-state index is -1.00. The van der Waals surface area contributed by atoms with E-state index in [1.807, 2.05) is 19.9 Å². The average Bonchev–Trinajstić information content (AvgIpc) is 2.70. The molecule has 2 heterocycles. The Kier molecular flexibility index (Phi) is 4.70. The van der Waals surface area contributed by atoms with E-state index >= 15 is 0 Å². The van der Waals surface area contributed by atoms with Crippen LogP contribution >= 0.6 is 0 Å². The van der Waals surface area contributed by atoms with E-state index in [1.54, 1.807) is 0 Å². The maximum absolute atomic E-state index is 12.4. The first kappa shape index (κ1) is 16.0. The number of carbonyl (C=O) groups excluding carboxylic acids is 1. The van der Waals surface area contributed by atoms with Gasteiger partial charge in [-0.2, -0.15) is 0 Å². The van der Waals surface area contributed by atoms with Crippen LogP contribution in [0.3, 0.4) is 0 Å². The first-order valence-corrected chi connectivity index (χ1v) is 7.26. The van der Waals surface area contributed by atoms with Crippen molar-refractivity contribution in [3.05, 3.63) is 23.0 Å². The number of ether oxygens (including phenoxy) is 1. The van der Waals surface area contributed by atoms with Crippen LogP contribution in [0.2, 0.25) is 0 Å². The van der Waals surface area contributed by atoms with Gasteiger partial charge in [0.15, 0.2) is 0 Å². The molecule has 0 unspecified atom stereocenters. The molecule has 1 aliphatic rings. The second-order valence-corrected chi connectivity index (χ2v) is 5.92. The van der Waals surface area contributed by atoms with E-state index in [4.69, 9.17) is 4.74 Å². The van der Waals surface area contributed by atoms with Crippen LogP contribution in [0.4, 0.5) is 0 Å². The van der Waals surface area contributed by atoms with Gasteiger partial charge in [0.25, 0.3) is 5.91 Å². The normalized spacial score (nSPS) is 26.1. The van der Waals surface area contributed by atoms with Crippen LogP contribution in [0.1, 0.15) is 41.6 Å². The molecule has 1 saturated heterocycles. The van der Waals surface area contributed by atoms with Crippen molar-refractivity contribution in [3.63, 3.8) is 0 Å². The summed E-state index contributed by atoms with van der Waals surface area (Å²) in [7, 11) is 0. The number of amides is 1. The van der Waals surface area contributed by atoms with Gasteiger partial charge >= 0.3 is 0 Å². The molecule has 2 rings (SSSR count). The van der Waals surface area contributed by atoms with Crippen molar-refractivity contribution in [3.8, 4) is 0 Å². The van der Waals surface area contributed by atoms with Crippen molar-refractivity contribution in [1.82, 2.24) is 9.88 Å². The fourth-order valence-corrected chi connectivity index (χ4v) is 2.96. The zero-order chi connectivity index (χ0) is 15.7. The Hall–Kier alpha value is -1.37. The lowest BCUT2D eigenvalue weighted by molar-refractivity contribution is -0.102. The summed E-state index contributed by atoms with van der Waals surface area (Å²) < 4.78 is 7.26. The van der Waals surface area contributed by atoms with Crippen LogP contribution in [0.5, 0.6) is 0 Å². The number of aliphatic hydroxyl groups is 2. The zero-order valence-corrected chi connectivity index (χ0v) is 13.0. The molecule has 6 nitrogen and oxygen atoms in total. The molecule has 1 aliphatic heterocycles. The van der Waals surface area contributed by atoms with Crippen LogP contribution < -0.4 is 5.32 Å². The Labute approximate surface area is 124 Å². The Balaban J connectivity index is 2.16. The van der Waals surface area contributed by atoms with Crippen molar-refractivity contribution in [1.29, 1.82) is 0 Å².